The lowest BCUT2D eigenvalue weighted by molar-refractivity contribution is 1.24. The number of hydrogen-bond donors (Lipinski definition) is 3. The van der Waals surface area contributed by atoms with Gasteiger partial charge in [-0.2, -0.15) is 0 Å². The third-order valence-corrected chi connectivity index (χ3v) is 3.91. The highest BCUT2D eigenvalue weighted by Gasteiger charge is 2.08. The van der Waals surface area contributed by atoms with Crippen LogP contribution in [0.3, 0.4) is 0 Å². The highest BCUT2D eigenvalue weighted by Crippen LogP contribution is 2.23. The summed E-state index contributed by atoms with van der Waals surface area (Å²) in [4.78, 5) is 12.3. The number of nitrogen functional groups attached to an aromatic ring is 1. The number of H-pyrrole nitrogens is 1. The first kappa shape index (κ1) is 14.1. The molecule has 0 amide bonds. The average Bonchev–Trinajstić information content (AvgIpc) is 3.06. The van der Waals surface area contributed by atoms with Gasteiger partial charge in [-0.3, -0.25) is 10.4 Å². The zero-order chi connectivity index (χ0) is 16.5. The Morgan fingerprint density at radius 1 is 0.958 bits per heavy atom. The Bertz CT molecular complexity index is 1020. The highest BCUT2D eigenvalue weighted by atomic mass is 14.9. The zero-order valence-corrected chi connectivity index (χ0v) is 12.8. The van der Waals surface area contributed by atoms with Crippen molar-refractivity contribution in [2.24, 2.45) is 5.73 Å². The first-order valence-corrected chi connectivity index (χ1v) is 7.57. The summed E-state index contributed by atoms with van der Waals surface area (Å²) in [5, 5.41) is 7.52. The van der Waals surface area contributed by atoms with Gasteiger partial charge in [-0.1, -0.05) is 36.4 Å². The van der Waals surface area contributed by atoms with Crippen molar-refractivity contribution in [1.82, 2.24) is 15.0 Å². The Hall–Kier alpha value is -3.47. The van der Waals surface area contributed by atoms with Gasteiger partial charge in [-0.25, -0.2) is 4.98 Å². The fraction of sp³-hybridized carbons (Fsp3) is 0. The van der Waals surface area contributed by atoms with Crippen LogP contribution in [0.5, 0.6) is 0 Å². The monoisotopic (exact) mass is 313 g/mol. The van der Waals surface area contributed by atoms with E-state index in [0.717, 1.165) is 27.9 Å². The highest BCUT2D eigenvalue weighted by molar-refractivity contribution is 5.98. The Kier molecular flexibility index (Phi) is 3.31. The number of nitrogens with zero attached hydrogens (tertiary/aromatic N) is 2. The quantitative estimate of drug-likeness (QED) is 0.399. The molecule has 0 aliphatic heterocycles. The molecular formula is C19H15N5. The SMILES string of the molecule is N=C(N)c1ccc2nc(-c3ccc(-c4ccccc4)cn3)[nH]c2c1. The summed E-state index contributed by atoms with van der Waals surface area (Å²) in [5.74, 6) is 0.740. The molecule has 24 heavy (non-hydrogen) atoms. The molecule has 5 heteroatoms. The molecule has 5 nitrogen and oxygen atoms in total. The van der Waals surface area contributed by atoms with Crippen LogP contribution in [-0.4, -0.2) is 20.8 Å². The normalized spacial score (nSPS) is 10.8. The van der Waals surface area contributed by atoms with Crippen LogP contribution in [0.25, 0.3) is 33.7 Å². The van der Waals surface area contributed by atoms with Crippen molar-refractivity contribution in [3.05, 3.63) is 72.4 Å². The van der Waals surface area contributed by atoms with Gasteiger partial charge >= 0.3 is 0 Å². The predicted molar refractivity (Wildman–Crippen MR) is 95.8 cm³/mol. The van der Waals surface area contributed by atoms with Crippen LogP contribution in [0, 0.1) is 5.41 Å². The summed E-state index contributed by atoms with van der Waals surface area (Å²) in [6, 6.07) is 19.6. The molecule has 2 heterocycles. The lowest BCUT2D eigenvalue weighted by Crippen LogP contribution is -2.10. The molecule has 0 atom stereocenters. The van der Waals surface area contributed by atoms with Crippen LogP contribution in [0.15, 0.2) is 66.9 Å². The van der Waals surface area contributed by atoms with Crippen LogP contribution in [-0.2, 0) is 0 Å². The summed E-state index contributed by atoms with van der Waals surface area (Å²) in [6.07, 6.45) is 1.85. The molecule has 0 spiro atoms. The van der Waals surface area contributed by atoms with E-state index in [9.17, 15) is 0 Å². The number of benzene rings is 2. The van der Waals surface area contributed by atoms with Crippen molar-refractivity contribution in [2.75, 3.05) is 0 Å². The van der Waals surface area contributed by atoms with E-state index in [4.69, 9.17) is 11.1 Å². The molecule has 0 aliphatic rings. The van der Waals surface area contributed by atoms with Crippen molar-refractivity contribution in [1.29, 1.82) is 5.41 Å². The van der Waals surface area contributed by atoms with E-state index < -0.39 is 0 Å². The van der Waals surface area contributed by atoms with Gasteiger partial charge in [0, 0.05) is 17.3 Å². The van der Waals surface area contributed by atoms with Gasteiger partial charge in [0.05, 0.1) is 11.0 Å². The Morgan fingerprint density at radius 2 is 1.79 bits per heavy atom. The Balaban J connectivity index is 1.71. The molecule has 2 aromatic heterocycles. The number of amidine groups is 1. The van der Waals surface area contributed by atoms with E-state index in [1.807, 2.05) is 48.7 Å². The molecule has 0 bridgehead atoms. The van der Waals surface area contributed by atoms with Gasteiger partial charge in [-0.05, 0) is 29.8 Å². The number of aromatic amines is 1. The van der Waals surface area contributed by atoms with Crippen molar-refractivity contribution in [2.45, 2.75) is 0 Å². The second-order valence-electron chi connectivity index (χ2n) is 5.53. The maximum absolute atomic E-state index is 7.52. The molecule has 4 aromatic rings. The fourth-order valence-electron chi connectivity index (χ4n) is 2.63. The van der Waals surface area contributed by atoms with Gasteiger partial charge in [0.15, 0.2) is 5.82 Å². The molecule has 4 rings (SSSR count). The molecule has 0 unspecified atom stereocenters. The lowest BCUT2D eigenvalue weighted by atomic mass is 10.1. The fourth-order valence-corrected chi connectivity index (χ4v) is 2.63. The summed E-state index contributed by atoms with van der Waals surface area (Å²) < 4.78 is 0. The predicted octanol–water partition coefficient (Wildman–Crippen LogP) is 3.58. The minimum absolute atomic E-state index is 0.0402. The molecule has 2 aromatic carbocycles. The van der Waals surface area contributed by atoms with Gasteiger partial charge < -0.3 is 10.7 Å². The molecule has 0 aliphatic carbocycles. The minimum Gasteiger partial charge on any atom is -0.384 e. The Labute approximate surface area is 138 Å². The largest absolute Gasteiger partial charge is 0.384 e. The van der Waals surface area contributed by atoms with Crippen molar-refractivity contribution >= 4 is 16.9 Å². The van der Waals surface area contributed by atoms with Crippen LogP contribution in [0.2, 0.25) is 0 Å². The van der Waals surface area contributed by atoms with Crippen LogP contribution < -0.4 is 5.73 Å². The average molecular weight is 313 g/mol. The number of rotatable bonds is 3. The first-order chi connectivity index (χ1) is 11.7. The number of pyridine rings is 1. The smallest absolute Gasteiger partial charge is 0.157 e. The van der Waals surface area contributed by atoms with Crippen molar-refractivity contribution in [3.8, 4) is 22.6 Å². The first-order valence-electron chi connectivity index (χ1n) is 7.57. The molecule has 4 N–H and O–H groups in total. The number of nitrogens with one attached hydrogen (secondary N) is 2. The summed E-state index contributed by atoms with van der Waals surface area (Å²) >= 11 is 0. The molecular weight excluding hydrogens is 298 g/mol. The maximum atomic E-state index is 7.52. The van der Waals surface area contributed by atoms with Crippen molar-refractivity contribution < 1.29 is 0 Å². The number of fused-ring (bicyclic) bond motifs is 1. The minimum atomic E-state index is 0.0402. The van der Waals surface area contributed by atoms with E-state index in [-0.39, 0.29) is 5.84 Å². The van der Waals surface area contributed by atoms with E-state index in [1.54, 1.807) is 6.07 Å². The number of aromatic nitrogens is 3. The Morgan fingerprint density at radius 3 is 2.50 bits per heavy atom. The molecule has 0 saturated heterocycles. The maximum Gasteiger partial charge on any atom is 0.157 e. The third-order valence-electron chi connectivity index (χ3n) is 3.91. The van der Waals surface area contributed by atoms with E-state index >= 15 is 0 Å². The second kappa shape index (κ2) is 5.62. The number of nitrogens with two attached hydrogens (primary N) is 1. The van der Waals surface area contributed by atoms with E-state index in [1.165, 1.54) is 0 Å². The molecule has 116 valence electrons. The van der Waals surface area contributed by atoms with E-state index in [2.05, 4.69) is 27.1 Å². The van der Waals surface area contributed by atoms with Crippen LogP contribution >= 0.6 is 0 Å². The van der Waals surface area contributed by atoms with Gasteiger partial charge in [-0.15, -0.1) is 0 Å². The van der Waals surface area contributed by atoms with Gasteiger partial charge in [0.25, 0.3) is 0 Å². The lowest BCUT2D eigenvalue weighted by Gasteiger charge is -2.01. The second-order valence-corrected chi connectivity index (χ2v) is 5.53. The van der Waals surface area contributed by atoms with Crippen LogP contribution in [0.4, 0.5) is 0 Å². The van der Waals surface area contributed by atoms with Crippen molar-refractivity contribution in [3.63, 3.8) is 0 Å². The summed E-state index contributed by atoms with van der Waals surface area (Å²) in [5.41, 5.74) is 10.8. The molecule has 0 radical (unpaired) electrons. The summed E-state index contributed by atoms with van der Waals surface area (Å²) in [6.45, 7) is 0. The van der Waals surface area contributed by atoms with Gasteiger partial charge in [0.1, 0.15) is 11.5 Å². The number of hydrogen-bond acceptors (Lipinski definition) is 3. The zero-order valence-electron chi connectivity index (χ0n) is 12.8. The van der Waals surface area contributed by atoms with Gasteiger partial charge in [0.2, 0.25) is 0 Å². The summed E-state index contributed by atoms with van der Waals surface area (Å²) in [7, 11) is 0. The molecule has 0 fully saturated rings. The third kappa shape index (κ3) is 2.52. The van der Waals surface area contributed by atoms with E-state index in [0.29, 0.717) is 11.4 Å². The standard InChI is InChI=1S/C19H15N5/c20-18(21)13-6-8-15-17(10-13)24-19(23-15)16-9-7-14(11-22-16)12-4-2-1-3-5-12/h1-11H,(H3,20,21)(H,23,24). The number of imidazole rings is 1. The van der Waals surface area contributed by atoms with Crippen LogP contribution in [0.1, 0.15) is 5.56 Å². The molecule has 0 saturated carbocycles. The topological polar surface area (TPSA) is 91.4 Å².